The second-order valence-electron chi connectivity index (χ2n) is 10.2. The van der Waals surface area contributed by atoms with Gasteiger partial charge in [-0.05, 0) is 48.5 Å². The minimum absolute atomic E-state index is 0.0338. The number of carbonyl (C=O) groups is 1. The van der Waals surface area contributed by atoms with Crippen molar-refractivity contribution >= 4 is 33.7 Å². The number of hydrogen-bond acceptors (Lipinski definition) is 7. The van der Waals surface area contributed by atoms with Gasteiger partial charge in [0.1, 0.15) is 0 Å². The number of nitrogens with zero attached hydrogens (tertiary/aromatic N) is 1. The monoisotopic (exact) mass is 491 g/mol. The molecule has 1 saturated carbocycles. The molecular weight excluding hydrogens is 454 g/mol. The third kappa shape index (κ3) is 4.72. The highest BCUT2D eigenvalue weighted by atomic mass is 32.1. The van der Waals surface area contributed by atoms with Gasteiger partial charge in [-0.2, -0.15) is 0 Å². The van der Waals surface area contributed by atoms with E-state index in [0.29, 0.717) is 19.4 Å². The van der Waals surface area contributed by atoms with E-state index in [1.165, 1.54) is 4.88 Å². The number of carbonyl (C=O) groups excluding carboxylic acids is 1. The van der Waals surface area contributed by atoms with Gasteiger partial charge in [-0.15, -0.1) is 22.7 Å². The fraction of sp³-hybridized carbons (Fsp3) is 0.680. The summed E-state index contributed by atoms with van der Waals surface area (Å²) in [7, 11) is 0. The zero-order valence-electron chi connectivity index (χ0n) is 19.9. The maximum atomic E-state index is 13.1. The minimum Gasteiger partial charge on any atom is -0.396 e. The van der Waals surface area contributed by atoms with E-state index in [-0.39, 0.29) is 29.8 Å². The molecule has 2 aromatic rings. The van der Waals surface area contributed by atoms with Crippen LogP contribution in [0, 0.1) is 16.7 Å². The van der Waals surface area contributed by atoms with E-state index in [9.17, 15) is 15.0 Å². The van der Waals surface area contributed by atoms with Crippen LogP contribution in [-0.4, -0.2) is 40.4 Å². The molecule has 5 unspecified atom stereocenters. The van der Waals surface area contributed by atoms with Crippen LogP contribution in [-0.2, 0) is 17.8 Å². The first-order chi connectivity index (χ1) is 15.8. The largest absolute Gasteiger partial charge is 0.396 e. The number of aliphatic hydroxyl groups is 2. The first kappa shape index (κ1) is 24.6. The Labute approximate surface area is 204 Å². The second kappa shape index (κ2) is 10.0. The molecule has 1 amide bonds. The summed E-state index contributed by atoms with van der Waals surface area (Å²) in [5, 5.41) is 30.7. The van der Waals surface area contributed by atoms with Crippen LogP contribution in [0.25, 0.3) is 0 Å². The van der Waals surface area contributed by atoms with Gasteiger partial charge >= 0.3 is 0 Å². The van der Waals surface area contributed by atoms with E-state index < -0.39 is 11.5 Å². The Hall–Kier alpha value is -1.48. The van der Waals surface area contributed by atoms with Gasteiger partial charge in [-0.25, -0.2) is 4.98 Å². The maximum Gasteiger partial charge on any atom is 0.220 e. The zero-order chi connectivity index (χ0) is 23.6. The number of hydrogen-bond donors (Lipinski definition) is 4. The van der Waals surface area contributed by atoms with Gasteiger partial charge < -0.3 is 20.8 Å². The Kier molecular flexibility index (Phi) is 7.48. The van der Waals surface area contributed by atoms with Crippen molar-refractivity contribution in [2.75, 3.05) is 18.5 Å². The van der Waals surface area contributed by atoms with Gasteiger partial charge in [0.05, 0.1) is 24.9 Å². The molecule has 2 heterocycles. The smallest absolute Gasteiger partial charge is 0.220 e. The lowest BCUT2D eigenvalue weighted by Crippen LogP contribution is -2.57. The summed E-state index contributed by atoms with van der Waals surface area (Å²) < 4.78 is 0. The molecule has 0 saturated heterocycles. The van der Waals surface area contributed by atoms with Crippen molar-refractivity contribution in [1.29, 1.82) is 0 Å². The van der Waals surface area contributed by atoms with E-state index in [4.69, 9.17) is 4.98 Å². The van der Waals surface area contributed by atoms with Crippen LogP contribution in [0.2, 0.25) is 0 Å². The van der Waals surface area contributed by atoms with Crippen molar-refractivity contribution < 1.29 is 15.0 Å². The quantitative estimate of drug-likeness (QED) is 0.387. The van der Waals surface area contributed by atoms with Crippen LogP contribution in [0.15, 0.2) is 17.5 Å². The van der Waals surface area contributed by atoms with Crippen molar-refractivity contribution in [1.82, 2.24) is 10.3 Å². The molecule has 6 nitrogen and oxygen atoms in total. The molecule has 2 aliphatic rings. The fourth-order valence-corrected chi connectivity index (χ4v) is 7.69. The molecule has 1 fully saturated rings. The number of unbranched alkanes of at least 4 members (excludes halogenated alkanes) is 1. The Balaban J connectivity index is 1.63. The molecule has 8 heteroatoms. The number of thiazole rings is 1. The number of amides is 1. The van der Waals surface area contributed by atoms with Crippen molar-refractivity contribution in [3.8, 4) is 0 Å². The fourth-order valence-electron chi connectivity index (χ4n) is 5.95. The van der Waals surface area contributed by atoms with Crippen LogP contribution in [0.4, 0.5) is 5.13 Å². The Bertz CT molecular complexity index is 947. The Morgan fingerprint density at radius 1 is 1.36 bits per heavy atom. The van der Waals surface area contributed by atoms with Crippen molar-refractivity contribution in [2.24, 2.45) is 16.7 Å². The summed E-state index contributed by atoms with van der Waals surface area (Å²) in [4.78, 5) is 20.4. The second-order valence-corrected chi connectivity index (χ2v) is 12.3. The molecule has 0 bridgehead atoms. The molecule has 33 heavy (non-hydrogen) atoms. The van der Waals surface area contributed by atoms with E-state index in [2.05, 4.69) is 24.5 Å². The van der Waals surface area contributed by atoms with Crippen molar-refractivity contribution in [2.45, 2.75) is 77.9 Å². The molecule has 4 N–H and O–H groups in total. The standard InChI is InChI=1S/C25H37N3O3S2/c1-4-5-10-26-23-28-22-17(12-21(31)27-14-16-7-6-11-32-16)24(2)9-8-20(30)25(3,15-29)19(24)13-18(22)33-23/h6-7,11,17,19-20,29-30H,4-5,8-10,12-15H2,1-3H3,(H,26,28)(H,27,31). The van der Waals surface area contributed by atoms with Crippen LogP contribution in [0.1, 0.15) is 74.2 Å². The number of anilines is 1. The highest BCUT2D eigenvalue weighted by Crippen LogP contribution is 2.62. The van der Waals surface area contributed by atoms with Crippen LogP contribution in [0.5, 0.6) is 0 Å². The predicted octanol–water partition coefficient (Wildman–Crippen LogP) is 4.54. The van der Waals surface area contributed by atoms with Gasteiger partial charge in [-0.1, -0.05) is 33.3 Å². The molecule has 0 aliphatic heterocycles. The summed E-state index contributed by atoms with van der Waals surface area (Å²) in [6.07, 6.45) is 4.31. The lowest BCUT2D eigenvalue weighted by Gasteiger charge is -2.58. The molecule has 5 atom stereocenters. The number of nitrogens with one attached hydrogen (secondary N) is 2. The predicted molar refractivity (Wildman–Crippen MR) is 135 cm³/mol. The number of thiophene rings is 1. The molecule has 2 aliphatic carbocycles. The Morgan fingerprint density at radius 2 is 2.18 bits per heavy atom. The summed E-state index contributed by atoms with van der Waals surface area (Å²) in [5.41, 5.74) is 0.246. The third-order valence-corrected chi connectivity index (χ3v) is 10.1. The molecule has 4 rings (SSSR count). The van der Waals surface area contributed by atoms with Gasteiger partial charge in [0.15, 0.2) is 5.13 Å². The van der Waals surface area contributed by atoms with Crippen molar-refractivity contribution in [3.63, 3.8) is 0 Å². The van der Waals surface area contributed by atoms with Crippen molar-refractivity contribution in [3.05, 3.63) is 33.0 Å². The third-order valence-electron chi connectivity index (χ3n) is 8.13. The van der Waals surface area contributed by atoms with E-state index in [1.54, 1.807) is 22.7 Å². The summed E-state index contributed by atoms with van der Waals surface area (Å²) >= 11 is 3.32. The lowest BCUT2D eigenvalue weighted by molar-refractivity contribution is -0.144. The van der Waals surface area contributed by atoms with Gasteiger partial charge in [0.2, 0.25) is 5.91 Å². The average Bonchev–Trinajstić information content (AvgIpc) is 3.46. The topological polar surface area (TPSA) is 94.5 Å². The molecule has 0 aromatic carbocycles. The molecule has 0 radical (unpaired) electrons. The summed E-state index contributed by atoms with van der Waals surface area (Å²) in [6.45, 7) is 7.82. The first-order valence-corrected chi connectivity index (χ1v) is 13.8. The molecule has 2 aromatic heterocycles. The van der Waals surface area contributed by atoms with Crippen LogP contribution >= 0.6 is 22.7 Å². The zero-order valence-corrected chi connectivity index (χ0v) is 21.5. The van der Waals surface area contributed by atoms with Gasteiger partial charge in [0.25, 0.3) is 0 Å². The number of fused-ring (bicyclic) bond motifs is 2. The number of rotatable bonds is 9. The first-order valence-electron chi connectivity index (χ1n) is 12.1. The van der Waals surface area contributed by atoms with E-state index in [0.717, 1.165) is 47.9 Å². The lowest BCUT2D eigenvalue weighted by atomic mass is 9.47. The highest BCUT2D eigenvalue weighted by molar-refractivity contribution is 7.15. The summed E-state index contributed by atoms with van der Waals surface area (Å²) in [6, 6.07) is 4.03. The highest BCUT2D eigenvalue weighted by Gasteiger charge is 2.59. The van der Waals surface area contributed by atoms with Gasteiger partial charge in [0, 0.05) is 34.1 Å². The minimum atomic E-state index is -0.587. The molecular formula is C25H37N3O3S2. The van der Waals surface area contributed by atoms with E-state index in [1.807, 2.05) is 24.4 Å². The summed E-state index contributed by atoms with van der Waals surface area (Å²) in [5.74, 6) is 0.0859. The SMILES string of the molecule is CCCCNc1nc2c(s1)CC1C(C)(CO)C(O)CCC1(C)C2CC(=O)NCc1cccs1. The number of aromatic nitrogens is 1. The Morgan fingerprint density at radius 3 is 2.88 bits per heavy atom. The van der Waals surface area contributed by atoms with E-state index >= 15 is 0 Å². The maximum absolute atomic E-state index is 13.1. The number of aliphatic hydroxyl groups excluding tert-OH is 2. The van der Waals surface area contributed by atoms with Crippen LogP contribution in [0.3, 0.4) is 0 Å². The van der Waals surface area contributed by atoms with Crippen LogP contribution < -0.4 is 10.6 Å². The normalized spacial score (nSPS) is 31.0. The molecule has 0 spiro atoms. The average molecular weight is 492 g/mol. The molecule has 182 valence electrons. The van der Waals surface area contributed by atoms with Gasteiger partial charge in [-0.3, -0.25) is 4.79 Å².